The molecule has 0 spiro atoms. The lowest BCUT2D eigenvalue weighted by atomic mass is 10.1. The zero-order valence-corrected chi connectivity index (χ0v) is 10.4. The first kappa shape index (κ1) is 12.3. The van der Waals surface area contributed by atoms with E-state index in [0.717, 1.165) is 19.7 Å². The molecule has 0 aromatic heterocycles. The van der Waals surface area contributed by atoms with Crippen LogP contribution in [0.15, 0.2) is 0 Å². The Kier molecular flexibility index (Phi) is 4.58. The number of likely N-dealkylation sites (tertiary alicyclic amines) is 1. The Balaban J connectivity index is 1.63. The maximum atomic E-state index is 5.90. The van der Waals surface area contributed by atoms with Crippen molar-refractivity contribution in [3.05, 3.63) is 0 Å². The van der Waals surface area contributed by atoms with E-state index in [9.17, 15) is 0 Å². The second kappa shape index (κ2) is 5.96. The van der Waals surface area contributed by atoms with Crippen LogP contribution >= 0.6 is 0 Å². The Hall–Kier alpha value is -0.160. The van der Waals surface area contributed by atoms with Crippen molar-refractivity contribution in [2.75, 3.05) is 45.9 Å². The van der Waals surface area contributed by atoms with Crippen molar-refractivity contribution in [1.82, 2.24) is 9.80 Å². The Morgan fingerprint density at radius 1 is 1.12 bits per heavy atom. The summed E-state index contributed by atoms with van der Waals surface area (Å²) >= 11 is 0. The van der Waals surface area contributed by atoms with Crippen LogP contribution in [0.5, 0.6) is 0 Å². The molecule has 0 aliphatic carbocycles. The van der Waals surface area contributed by atoms with E-state index in [-0.39, 0.29) is 0 Å². The molecule has 0 saturated carbocycles. The number of morpholine rings is 1. The van der Waals surface area contributed by atoms with Crippen molar-refractivity contribution in [2.24, 2.45) is 5.73 Å². The van der Waals surface area contributed by atoms with Crippen LogP contribution in [0, 0.1) is 0 Å². The van der Waals surface area contributed by atoms with Gasteiger partial charge >= 0.3 is 0 Å². The summed E-state index contributed by atoms with van der Waals surface area (Å²) in [6, 6.07) is 0.444. The highest BCUT2D eigenvalue weighted by Gasteiger charge is 2.19. The second-order valence-electron chi connectivity index (χ2n) is 5.16. The summed E-state index contributed by atoms with van der Waals surface area (Å²) in [5.41, 5.74) is 5.90. The van der Waals surface area contributed by atoms with Crippen molar-refractivity contribution < 1.29 is 4.74 Å². The lowest BCUT2D eigenvalue weighted by Crippen LogP contribution is -2.47. The summed E-state index contributed by atoms with van der Waals surface area (Å²) in [6.07, 6.45) is 2.74. The van der Waals surface area contributed by atoms with E-state index in [1.54, 1.807) is 0 Å². The fourth-order valence-corrected chi connectivity index (χ4v) is 2.55. The Labute approximate surface area is 98.7 Å². The number of nitrogens with two attached hydrogens (primary N) is 1. The van der Waals surface area contributed by atoms with Gasteiger partial charge in [0.2, 0.25) is 0 Å². The van der Waals surface area contributed by atoms with Gasteiger partial charge in [0, 0.05) is 32.2 Å². The van der Waals surface area contributed by atoms with Crippen molar-refractivity contribution in [3.63, 3.8) is 0 Å². The van der Waals surface area contributed by atoms with E-state index in [2.05, 4.69) is 16.7 Å². The normalized spacial score (nSPS) is 30.8. The fourth-order valence-electron chi connectivity index (χ4n) is 2.55. The molecule has 0 amide bonds. The van der Waals surface area contributed by atoms with Crippen LogP contribution < -0.4 is 5.73 Å². The van der Waals surface area contributed by atoms with E-state index >= 15 is 0 Å². The summed E-state index contributed by atoms with van der Waals surface area (Å²) < 4.78 is 5.54. The highest BCUT2D eigenvalue weighted by molar-refractivity contribution is 4.76. The van der Waals surface area contributed by atoms with Gasteiger partial charge in [-0.2, -0.15) is 0 Å². The first-order chi connectivity index (χ1) is 7.74. The van der Waals surface area contributed by atoms with Crippen LogP contribution in [-0.2, 0) is 4.74 Å². The molecule has 1 unspecified atom stereocenters. The molecule has 0 bridgehead atoms. The first-order valence-electron chi connectivity index (χ1n) is 6.56. The van der Waals surface area contributed by atoms with E-state index in [4.69, 9.17) is 10.5 Å². The SMILES string of the molecule is CC1CN(CCN2CCC(N)CC2)CCO1. The van der Waals surface area contributed by atoms with Gasteiger partial charge in [-0.1, -0.05) is 0 Å². The van der Waals surface area contributed by atoms with Crippen molar-refractivity contribution in [2.45, 2.75) is 31.9 Å². The van der Waals surface area contributed by atoms with Crippen molar-refractivity contribution >= 4 is 0 Å². The van der Waals surface area contributed by atoms with Gasteiger partial charge in [-0.05, 0) is 32.9 Å². The fraction of sp³-hybridized carbons (Fsp3) is 1.00. The van der Waals surface area contributed by atoms with Crippen molar-refractivity contribution in [1.29, 1.82) is 0 Å². The minimum absolute atomic E-state index is 0.406. The Bertz CT molecular complexity index is 204. The molecule has 2 heterocycles. The minimum Gasteiger partial charge on any atom is -0.376 e. The van der Waals surface area contributed by atoms with Crippen molar-refractivity contribution in [3.8, 4) is 0 Å². The van der Waals surface area contributed by atoms with Gasteiger partial charge in [-0.25, -0.2) is 0 Å². The molecule has 2 aliphatic rings. The third kappa shape index (κ3) is 3.70. The van der Waals surface area contributed by atoms with Gasteiger partial charge in [0.05, 0.1) is 12.7 Å². The molecule has 2 saturated heterocycles. The molecule has 94 valence electrons. The predicted molar refractivity (Wildman–Crippen MR) is 65.5 cm³/mol. The van der Waals surface area contributed by atoms with Gasteiger partial charge in [0.1, 0.15) is 0 Å². The standard InChI is InChI=1S/C12H25N3O/c1-11-10-15(8-9-16-11)7-6-14-4-2-12(13)3-5-14/h11-12H,2-10,13H2,1H3. The molecule has 2 aliphatic heterocycles. The van der Waals surface area contributed by atoms with Gasteiger partial charge in [-0.3, -0.25) is 4.90 Å². The lowest BCUT2D eigenvalue weighted by Gasteiger charge is -2.35. The summed E-state index contributed by atoms with van der Waals surface area (Å²) in [6.45, 7) is 9.98. The Morgan fingerprint density at radius 2 is 1.81 bits per heavy atom. The number of hydrogen-bond donors (Lipinski definition) is 1. The van der Waals surface area contributed by atoms with Crippen LogP contribution in [0.3, 0.4) is 0 Å². The lowest BCUT2D eigenvalue weighted by molar-refractivity contribution is -0.0211. The van der Waals surface area contributed by atoms with E-state index in [0.29, 0.717) is 12.1 Å². The maximum Gasteiger partial charge on any atom is 0.0674 e. The number of rotatable bonds is 3. The van der Waals surface area contributed by atoms with Gasteiger partial charge < -0.3 is 15.4 Å². The van der Waals surface area contributed by atoms with Gasteiger partial charge in [0.15, 0.2) is 0 Å². The van der Waals surface area contributed by atoms with E-state index < -0.39 is 0 Å². The topological polar surface area (TPSA) is 41.7 Å². The molecular weight excluding hydrogens is 202 g/mol. The number of nitrogens with zero attached hydrogens (tertiary/aromatic N) is 2. The minimum atomic E-state index is 0.406. The smallest absolute Gasteiger partial charge is 0.0674 e. The molecule has 2 rings (SSSR count). The van der Waals surface area contributed by atoms with Crippen LogP contribution in [0.1, 0.15) is 19.8 Å². The largest absolute Gasteiger partial charge is 0.376 e. The molecule has 16 heavy (non-hydrogen) atoms. The summed E-state index contributed by atoms with van der Waals surface area (Å²) in [5.74, 6) is 0. The number of piperidine rings is 1. The molecule has 0 radical (unpaired) electrons. The highest BCUT2D eigenvalue weighted by atomic mass is 16.5. The molecule has 0 aromatic carbocycles. The zero-order chi connectivity index (χ0) is 11.4. The third-order valence-corrected chi connectivity index (χ3v) is 3.69. The van der Waals surface area contributed by atoms with E-state index in [1.165, 1.54) is 39.0 Å². The molecular formula is C12H25N3O. The number of ether oxygens (including phenoxy) is 1. The van der Waals surface area contributed by atoms with Crippen LogP contribution in [0.4, 0.5) is 0 Å². The van der Waals surface area contributed by atoms with Gasteiger partial charge in [0.25, 0.3) is 0 Å². The molecule has 4 heteroatoms. The van der Waals surface area contributed by atoms with Gasteiger partial charge in [-0.15, -0.1) is 0 Å². The highest BCUT2D eigenvalue weighted by Crippen LogP contribution is 2.09. The average molecular weight is 227 g/mol. The summed E-state index contributed by atoms with van der Waals surface area (Å²) in [4.78, 5) is 5.06. The summed E-state index contributed by atoms with van der Waals surface area (Å²) in [7, 11) is 0. The van der Waals surface area contributed by atoms with Crippen LogP contribution in [0.2, 0.25) is 0 Å². The first-order valence-corrected chi connectivity index (χ1v) is 6.56. The third-order valence-electron chi connectivity index (χ3n) is 3.69. The average Bonchev–Trinajstić information content (AvgIpc) is 2.28. The van der Waals surface area contributed by atoms with Crippen LogP contribution in [0.25, 0.3) is 0 Å². The predicted octanol–water partition coefficient (Wildman–Crippen LogP) is 0.130. The molecule has 4 nitrogen and oxygen atoms in total. The monoisotopic (exact) mass is 227 g/mol. The summed E-state index contributed by atoms with van der Waals surface area (Å²) in [5, 5.41) is 0. The quantitative estimate of drug-likeness (QED) is 0.744. The Morgan fingerprint density at radius 3 is 2.50 bits per heavy atom. The second-order valence-corrected chi connectivity index (χ2v) is 5.16. The number of hydrogen-bond acceptors (Lipinski definition) is 4. The maximum absolute atomic E-state index is 5.90. The van der Waals surface area contributed by atoms with E-state index in [1.807, 2.05) is 0 Å². The molecule has 1 atom stereocenters. The molecule has 0 aromatic rings. The molecule has 2 N–H and O–H groups in total. The van der Waals surface area contributed by atoms with Crippen LogP contribution in [-0.4, -0.2) is 67.8 Å². The zero-order valence-electron chi connectivity index (χ0n) is 10.4. The molecule has 2 fully saturated rings.